The van der Waals surface area contributed by atoms with Crippen LogP contribution in [0, 0.1) is 5.92 Å². The van der Waals surface area contributed by atoms with Crippen molar-refractivity contribution >= 4 is 17.7 Å². The largest absolute Gasteiger partial charge is 0.349 e. The van der Waals surface area contributed by atoms with Crippen LogP contribution in [0.15, 0.2) is 29.2 Å². The number of hydrogen-bond acceptors (Lipinski definition) is 3. The lowest BCUT2D eigenvalue weighted by atomic mass is 10.0. The summed E-state index contributed by atoms with van der Waals surface area (Å²) in [5.74, 6) is 0.774. The summed E-state index contributed by atoms with van der Waals surface area (Å²) in [6.45, 7) is 7.86. The van der Waals surface area contributed by atoms with Crippen molar-refractivity contribution in [3.05, 3.63) is 29.8 Å². The summed E-state index contributed by atoms with van der Waals surface area (Å²) < 4.78 is 0. The average molecular weight is 306 g/mol. The van der Waals surface area contributed by atoms with E-state index in [2.05, 4.69) is 24.1 Å². The maximum Gasteiger partial charge on any atom is 0.251 e. The molecule has 116 valence electrons. The van der Waals surface area contributed by atoms with E-state index in [-0.39, 0.29) is 5.91 Å². The number of amides is 1. The van der Waals surface area contributed by atoms with Crippen LogP contribution in [0.3, 0.4) is 0 Å². The van der Waals surface area contributed by atoms with Gasteiger partial charge in [0.1, 0.15) is 0 Å². The van der Waals surface area contributed by atoms with E-state index in [4.69, 9.17) is 0 Å². The van der Waals surface area contributed by atoms with Crippen molar-refractivity contribution in [2.24, 2.45) is 5.92 Å². The van der Waals surface area contributed by atoms with Gasteiger partial charge in [0.05, 0.1) is 0 Å². The Morgan fingerprint density at radius 1 is 1.29 bits per heavy atom. The van der Waals surface area contributed by atoms with Crippen LogP contribution in [0.4, 0.5) is 0 Å². The third-order valence-corrected chi connectivity index (χ3v) is 4.64. The topological polar surface area (TPSA) is 32.3 Å². The minimum absolute atomic E-state index is 0.0602. The fourth-order valence-corrected chi connectivity index (χ4v) is 3.20. The zero-order valence-electron chi connectivity index (χ0n) is 13.3. The first-order valence-corrected chi connectivity index (χ1v) is 8.98. The number of carbonyl (C=O) groups excluding carboxylic acids is 1. The van der Waals surface area contributed by atoms with Crippen LogP contribution in [0.25, 0.3) is 0 Å². The van der Waals surface area contributed by atoms with Crippen LogP contribution in [0.2, 0.25) is 0 Å². The molecular weight excluding hydrogens is 280 g/mol. The van der Waals surface area contributed by atoms with Crippen molar-refractivity contribution in [3.63, 3.8) is 0 Å². The number of carbonyl (C=O) groups is 1. The Labute approximate surface area is 132 Å². The zero-order chi connectivity index (χ0) is 15.2. The fourth-order valence-electron chi connectivity index (χ4n) is 2.79. The van der Waals surface area contributed by atoms with Gasteiger partial charge >= 0.3 is 0 Å². The fraction of sp³-hybridized carbons (Fsp3) is 0.588. The molecule has 0 saturated carbocycles. The molecule has 3 nitrogen and oxygen atoms in total. The summed E-state index contributed by atoms with van der Waals surface area (Å²) >= 11 is 1.69. The Morgan fingerprint density at radius 2 is 1.90 bits per heavy atom. The summed E-state index contributed by atoms with van der Waals surface area (Å²) in [5, 5.41) is 3.17. The second-order valence-electron chi connectivity index (χ2n) is 6.17. The van der Waals surface area contributed by atoms with Gasteiger partial charge in [-0.05, 0) is 49.3 Å². The Hall–Kier alpha value is -1.00. The molecule has 1 aromatic rings. The minimum Gasteiger partial charge on any atom is -0.349 e. The smallest absolute Gasteiger partial charge is 0.251 e. The lowest BCUT2D eigenvalue weighted by molar-refractivity contribution is 0.0907. The summed E-state index contributed by atoms with van der Waals surface area (Å²) in [4.78, 5) is 15.9. The summed E-state index contributed by atoms with van der Waals surface area (Å²) in [6.07, 6.45) is 4.16. The van der Waals surface area contributed by atoms with Gasteiger partial charge in [-0.3, -0.25) is 4.79 Å². The van der Waals surface area contributed by atoms with Gasteiger partial charge in [0.15, 0.2) is 0 Å². The van der Waals surface area contributed by atoms with E-state index in [1.165, 1.54) is 4.90 Å². The normalized spacial score (nSPS) is 17.1. The third kappa shape index (κ3) is 5.04. The van der Waals surface area contributed by atoms with Crippen molar-refractivity contribution in [1.82, 2.24) is 10.2 Å². The molecule has 1 aromatic carbocycles. The van der Waals surface area contributed by atoms with E-state index in [0.29, 0.717) is 12.0 Å². The highest BCUT2D eigenvalue weighted by Crippen LogP contribution is 2.16. The monoisotopic (exact) mass is 306 g/mol. The van der Waals surface area contributed by atoms with Gasteiger partial charge < -0.3 is 10.2 Å². The second-order valence-corrected chi connectivity index (χ2v) is 7.05. The van der Waals surface area contributed by atoms with E-state index >= 15 is 0 Å². The number of benzene rings is 1. The lowest BCUT2D eigenvalue weighted by Crippen LogP contribution is -2.45. The molecule has 0 radical (unpaired) electrons. The highest BCUT2D eigenvalue weighted by atomic mass is 32.2. The van der Waals surface area contributed by atoms with Gasteiger partial charge in [-0.25, -0.2) is 0 Å². The van der Waals surface area contributed by atoms with E-state index in [1.807, 2.05) is 30.5 Å². The molecule has 0 spiro atoms. The first-order chi connectivity index (χ1) is 10.1. The molecule has 1 amide bonds. The van der Waals surface area contributed by atoms with Gasteiger partial charge in [0, 0.05) is 36.1 Å². The van der Waals surface area contributed by atoms with Crippen LogP contribution < -0.4 is 5.32 Å². The maximum atomic E-state index is 12.2. The van der Waals surface area contributed by atoms with Crippen LogP contribution in [-0.2, 0) is 0 Å². The van der Waals surface area contributed by atoms with Crippen LogP contribution in [0.5, 0.6) is 0 Å². The molecule has 1 fully saturated rings. The molecule has 1 heterocycles. The van der Waals surface area contributed by atoms with Gasteiger partial charge in [-0.15, -0.1) is 11.8 Å². The van der Waals surface area contributed by atoms with Crippen molar-refractivity contribution in [2.75, 3.05) is 25.9 Å². The molecule has 4 heteroatoms. The first-order valence-electron chi connectivity index (χ1n) is 7.75. The molecule has 0 aliphatic carbocycles. The highest BCUT2D eigenvalue weighted by molar-refractivity contribution is 7.98. The molecule has 1 aliphatic rings. The first kappa shape index (κ1) is 16.4. The molecule has 0 unspecified atom stereocenters. The maximum absolute atomic E-state index is 12.2. The van der Waals surface area contributed by atoms with Crippen molar-refractivity contribution in [3.8, 4) is 0 Å². The SMILES string of the molecule is CSc1ccc(C(=O)NC2CCN(CC(C)C)CC2)cc1. The third-order valence-electron chi connectivity index (χ3n) is 3.90. The molecule has 1 saturated heterocycles. The van der Waals surface area contributed by atoms with E-state index in [9.17, 15) is 4.79 Å². The molecule has 0 bridgehead atoms. The van der Waals surface area contributed by atoms with Crippen molar-refractivity contribution in [2.45, 2.75) is 37.6 Å². The van der Waals surface area contributed by atoms with Gasteiger partial charge in [-0.1, -0.05) is 13.8 Å². The van der Waals surface area contributed by atoms with Crippen LogP contribution in [-0.4, -0.2) is 42.7 Å². The van der Waals surface area contributed by atoms with E-state index in [1.54, 1.807) is 11.8 Å². The Kier molecular flexibility index (Phi) is 6.12. The second kappa shape index (κ2) is 7.85. The number of nitrogens with one attached hydrogen (secondary N) is 1. The Morgan fingerprint density at radius 3 is 2.43 bits per heavy atom. The predicted molar refractivity (Wildman–Crippen MR) is 90.0 cm³/mol. The molecule has 0 aromatic heterocycles. The Bertz CT molecular complexity index is 450. The molecule has 1 aliphatic heterocycles. The number of likely N-dealkylation sites (tertiary alicyclic amines) is 1. The van der Waals surface area contributed by atoms with Crippen molar-refractivity contribution < 1.29 is 4.79 Å². The minimum atomic E-state index is 0.0602. The number of rotatable bonds is 5. The van der Waals surface area contributed by atoms with E-state index < -0.39 is 0 Å². The highest BCUT2D eigenvalue weighted by Gasteiger charge is 2.21. The van der Waals surface area contributed by atoms with Gasteiger partial charge in [-0.2, -0.15) is 0 Å². The van der Waals surface area contributed by atoms with Gasteiger partial charge in [0.2, 0.25) is 0 Å². The molecule has 1 N–H and O–H groups in total. The zero-order valence-corrected chi connectivity index (χ0v) is 14.1. The van der Waals surface area contributed by atoms with E-state index in [0.717, 1.165) is 38.0 Å². The Balaban J connectivity index is 1.81. The molecule has 2 rings (SSSR count). The average Bonchev–Trinajstić information content (AvgIpc) is 2.49. The summed E-state index contributed by atoms with van der Waals surface area (Å²) in [5.41, 5.74) is 0.761. The van der Waals surface area contributed by atoms with Crippen molar-refractivity contribution in [1.29, 1.82) is 0 Å². The van der Waals surface area contributed by atoms with Crippen LogP contribution in [0.1, 0.15) is 37.0 Å². The predicted octanol–water partition coefficient (Wildman–Crippen LogP) is 3.26. The lowest BCUT2D eigenvalue weighted by Gasteiger charge is -2.33. The number of piperidine rings is 1. The number of nitrogens with zero attached hydrogens (tertiary/aromatic N) is 1. The van der Waals surface area contributed by atoms with Crippen LogP contribution >= 0.6 is 11.8 Å². The summed E-state index contributed by atoms with van der Waals surface area (Å²) in [6, 6.07) is 8.15. The number of thioether (sulfide) groups is 1. The number of hydrogen-bond donors (Lipinski definition) is 1. The quantitative estimate of drug-likeness (QED) is 0.848. The van der Waals surface area contributed by atoms with Gasteiger partial charge in [0.25, 0.3) is 5.91 Å². The molecule has 21 heavy (non-hydrogen) atoms. The standard InChI is InChI=1S/C17H26N2OS/c1-13(2)12-19-10-8-15(9-11-19)18-17(20)14-4-6-16(21-3)7-5-14/h4-7,13,15H,8-12H2,1-3H3,(H,18,20). The molecule has 0 atom stereocenters. The summed E-state index contributed by atoms with van der Waals surface area (Å²) in [7, 11) is 0. The molecular formula is C17H26N2OS.